The van der Waals surface area contributed by atoms with E-state index in [9.17, 15) is 0 Å². The Hall–Kier alpha value is -1.68. The molecule has 0 aliphatic rings. The summed E-state index contributed by atoms with van der Waals surface area (Å²) in [6.45, 7) is 0.456. The van der Waals surface area contributed by atoms with Crippen LogP contribution in [0.15, 0.2) is 34.3 Å². The predicted octanol–water partition coefficient (Wildman–Crippen LogP) is 1.89. The maximum absolute atomic E-state index is 6.66. The summed E-state index contributed by atoms with van der Waals surface area (Å²) in [7, 11) is 0. The Labute approximate surface area is 77.0 Å². The summed E-state index contributed by atoms with van der Waals surface area (Å²) in [6, 6.07) is 7.57. The van der Waals surface area contributed by atoms with Gasteiger partial charge in [0, 0.05) is 12.9 Å². The zero-order valence-electron chi connectivity index (χ0n) is 7.14. The van der Waals surface area contributed by atoms with Gasteiger partial charge in [-0.2, -0.15) is 0 Å². The molecule has 0 spiro atoms. The van der Waals surface area contributed by atoms with Crippen molar-refractivity contribution in [1.82, 2.24) is 0 Å². The summed E-state index contributed by atoms with van der Waals surface area (Å²) in [4.78, 5) is 7.60. The number of nitrogens with one attached hydrogen (secondary N) is 1. The Morgan fingerprint density at radius 3 is 2.85 bits per heavy atom. The molecule has 0 radical (unpaired) electrons. The van der Waals surface area contributed by atoms with Crippen molar-refractivity contribution < 1.29 is 0 Å². The molecule has 3 N–H and O–H groups in total. The lowest BCUT2D eigenvalue weighted by Crippen LogP contribution is -1.95. The fraction of sp³-hybridized carbons (Fsp3) is 0.111. The van der Waals surface area contributed by atoms with Crippen molar-refractivity contribution in [3.8, 4) is 0 Å². The molecule has 4 heteroatoms. The van der Waals surface area contributed by atoms with Crippen LogP contribution in [0.3, 0.4) is 0 Å². The van der Waals surface area contributed by atoms with Gasteiger partial charge in [-0.05, 0) is 11.6 Å². The second-order valence-corrected chi connectivity index (χ2v) is 2.36. The lowest BCUT2D eigenvalue weighted by atomic mass is 10.2. The van der Waals surface area contributed by atoms with Gasteiger partial charge in [0.15, 0.2) is 0 Å². The molecule has 1 aromatic rings. The maximum atomic E-state index is 6.66. The zero-order chi connectivity index (χ0) is 9.52. The Bertz CT molecular complexity index is 317. The molecule has 0 aliphatic carbocycles. The molecule has 0 fully saturated rings. The highest BCUT2D eigenvalue weighted by molar-refractivity contribution is 5.77. The number of para-hydroxylation sites is 1. The molecule has 0 saturated carbocycles. The number of aliphatic imine (C=N–C) groups is 2. The Morgan fingerprint density at radius 2 is 2.15 bits per heavy atom. The van der Waals surface area contributed by atoms with Crippen molar-refractivity contribution in [2.24, 2.45) is 15.7 Å². The van der Waals surface area contributed by atoms with E-state index in [1.54, 1.807) is 0 Å². The van der Waals surface area contributed by atoms with Gasteiger partial charge in [-0.1, -0.05) is 18.2 Å². The standard InChI is InChI=1S/C9H11N4/c10-5-8-3-1-2-4-9(8)13-7-12-6-11/h1-4,6-7H,5,10H2,(H-,11,12,13)/q-1. The van der Waals surface area contributed by atoms with Crippen LogP contribution in [0.2, 0.25) is 0 Å². The van der Waals surface area contributed by atoms with Gasteiger partial charge in [0.2, 0.25) is 0 Å². The smallest absolute Gasteiger partial charge is 0.0670 e. The zero-order valence-corrected chi connectivity index (χ0v) is 7.14. The lowest BCUT2D eigenvalue weighted by Gasteiger charge is -2.00. The summed E-state index contributed by atoms with van der Waals surface area (Å²) in [5.74, 6) is 0. The Balaban J connectivity index is 2.86. The normalized spacial score (nSPS) is 11.5. The van der Waals surface area contributed by atoms with Crippen molar-refractivity contribution >= 4 is 18.4 Å². The van der Waals surface area contributed by atoms with Gasteiger partial charge in [0.25, 0.3) is 0 Å². The minimum absolute atomic E-state index is 0.456. The van der Waals surface area contributed by atoms with Crippen molar-refractivity contribution in [2.45, 2.75) is 6.54 Å². The van der Waals surface area contributed by atoms with Crippen LogP contribution in [-0.4, -0.2) is 12.7 Å². The number of rotatable bonds is 3. The van der Waals surface area contributed by atoms with Crippen LogP contribution >= 0.6 is 0 Å². The van der Waals surface area contributed by atoms with Gasteiger partial charge < -0.3 is 16.5 Å². The van der Waals surface area contributed by atoms with Gasteiger partial charge >= 0.3 is 0 Å². The molecule has 0 aromatic heterocycles. The van der Waals surface area contributed by atoms with Gasteiger partial charge in [-0.3, -0.25) is 4.99 Å². The first kappa shape index (κ1) is 9.41. The number of nitrogens with two attached hydrogens (primary N) is 1. The van der Waals surface area contributed by atoms with Crippen molar-refractivity contribution in [2.75, 3.05) is 0 Å². The molecule has 0 aliphatic heterocycles. The third-order valence-electron chi connectivity index (χ3n) is 1.55. The van der Waals surface area contributed by atoms with Crippen molar-refractivity contribution in [3.05, 3.63) is 35.6 Å². The van der Waals surface area contributed by atoms with Gasteiger partial charge in [-0.15, -0.1) is 6.34 Å². The molecule has 0 heterocycles. The fourth-order valence-corrected chi connectivity index (χ4v) is 0.938. The van der Waals surface area contributed by atoms with Crippen LogP contribution in [0.1, 0.15) is 5.56 Å². The van der Waals surface area contributed by atoms with E-state index in [1.807, 2.05) is 24.3 Å². The summed E-state index contributed by atoms with van der Waals surface area (Å²) < 4.78 is 0. The fourth-order valence-electron chi connectivity index (χ4n) is 0.938. The summed E-state index contributed by atoms with van der Waals surface area (Å²) in [5.41, 5.74) is 13.9. The molecule has 0 saturated heterocycles. The second-order valence-electron chi connectivity index (χ2n) is 2.36. The van der Waals surface area contributed by atoms with Crippen LogP contribution in [0.5, 0.6) is 0 Å². The van der Waals surface area contributed by atoms with Crippen LogP contribution in [-0.2, 0) is 6.54 Å². The predicted molar refractivity (Wildman–Crippen MR) is 55.3 cm³/mol. The summed E-state index contributed by atoms with van der Waals surface area (Å²) >= 11 is 0. The topological polar surface area (TPSA) is 74.5 Å². The van der Waals surface area contributed by atoms with E-state index < -0.39 is 0 Å². The van der Waals surface area contributed by atoms with Crippen LogP contribution in [0.25, 0.3) is 5.73 Å². The lowest BCUT2D eigenvalue weighted by molar-refractivity contribution is 1.07. The molecule has 4 nitrogen and oxygen atoms in total. The quantitative estimate of drug-likeness (QED) is 0.552. The molecule has 13 heavy (non-hydrogen) atoms. The molecule has 68 valence electrons. The highest BCUT2D eigenvalue weighted by Gasteiger charge is 1.94. The largest absolute Gasteiger partial charge is 0.488 e. The molecule has 0 amide bonds. The van der Waals surface area contributed by atoms with E-state index >= 15 is 0 Å². The van der Waals surface area contributed by atoms with E-state index in [2.05, 4.69) is 9.98 Å². The SMILES string of the molecule is [NH-]C=NC=Nc1ccccc1CN. The van der Waals surface area contributed by atoms with E-state index in [1.165, 1.54) is 6.34 Å². The highest BCUT2D eigenvalue weighted by Crippen LogP contribution is 2.16. The Kier molecular flexibility index (Phi) is 3.66. The van der Waals surface area contributed by atoms with E-state index in [4.69, 9.17) is 11.5 Å². The van der Waals surface area contributed by atoms with Crippen LogP contribution in [0, 0.1) is 0 Å². The molecule has 0 atom stereocenters. The first-order valence-corrected chi connectivity index (χ1v) is 3.88. The molecular weight excluding hydrogens is 164 g/mol. The van der Waals surface area contributed by atoms with Crippen LogP contribution < -0.4 is 5.73 Å². The molecular formula is C9H11N4-. The van der Waals surface area contributed by atoms with Gasteiger partial charge in [0.05, 0.1) is 5.69 Å². The minimum atomic E-state index is 0.456. The number of hydrogen-bond acceptors (Lipinski definition) is 2. The van der Waals surface area contributed by atoms with Gasteiger partial charge in [-0.25, -0.2) is 0 Å². The third-order valence-corrected chi connectivity index (χ3v) is 1.55. The number of nitrogens with zero attached hydrogens (tertiary/aromatic N) is 2. The summed E-state index contributed by atoms with van der Waals surface area (Å²) in [6.07, 6.45) is 2.27. The third kappa shape index (κ3) is 2.68. The van der Waals surface area contributed by atoms with Crippen LogP contribution in [0.4, 0.5) is 5.69 Å². The van der Waals surface area contributed by atoms with Crippen molar-refractivity contribution in [3.63, 3.8) is 0 Å². The van der Waals surface area contributed by atoms with Crippen molar-refractivity contribution in [1.29, 1.82) is 0 Å². The minimum Gasteiger partial charge on any atom is -0.488 e. The second kappa shape index (κ2) is 5.05. The van der Waals surface area contributed by atoms with E-state index in [0.29, 0.717) is 6.54 Å². The monoisotopic (exact) mass is 175 g/mol. The maximum Gasteiger partial charge on any atom is 0.0670 e. The first-order chi connectivity index (χ1) is 6.38. The van der Waals surface area contributed by atoms with Gasteiger partial charge in [0.1, 0.15) is 0 Å². The first-order valence-electron chi connectivity index (χ1n) is 3.88. The summed E-state index contributed by atoms with van der Waals surface area (Å²) in [5, 5.41) is 0. The Morgan fingerprint density at radius 1 is 1.38 bits per heavy atom. The number of hydrogen-bond donors (Lipinski definition) is 1. The van der Waals surface area contributed by atoms with E-state index in [-0.39, 0.29) is 0 Å². The highest BCUT2D eigenvalue weighted by atomic mass is 14.9. The average Bonchev–Trinajstić information content (AvgIpc) is 2.19. The molecule has 0 bridgehead atoms. The number of benzene rings is 1. The molecule has 1 rings (SSSR count). The van der Waals surface area contributed by atoms with E-state index in [0.717, 1.165) is 17.6 Å². The average molecular weight is 175 g/mol. The molecule has 0 unspecified atom stereocenters. The molecule has 1 aromatic carbocycles.